The Balaban J connectivity index is 1.75. The molecule has 0 aromatic heterocycles. The third-order valence-electron chi connectivity index (χ3n) is 5.51. The first-order valence-electron chi connectivity index (χ1n) is 10.7. The van der Waals surface area contributed by atoms with E-state index in [0.29, 0.717) is 18.0 Å². The van der Waals surface area contributed by atoms with Crippen LogP contribution in [0, 0.1) is 0 Å². The first-order chi connectivity index (χ1) is 15.2. The molecule has 2 aromatic carbocycles. The molecule has 0 radical (unpaired) electrons. The van der Waals surface area contributed by atoms with Gasteiger partial charge in [-0.05, 0) is 23.3 Å². The Hall–Kier alpha value is -2.97. The summed E-state index contributed by atoms with van der Waals surface area (Å²) in [5.74, 6) is 0.168. The Morgan fingerprint density at radius 3 is 2.28 bits per heavy atom. The molecular formula is C24H31N3O4Si. The SMILES string of the molecule is COc1ccc(C(NC(=O)CN2CNC(=O)C2)C(=O)Cc2ccc([Si](C)(C)C)cc2)cc1. The van der Waals surface area contributed by atoms with Gasteiger partial charge in [0.15, 0.2) is 5.78 Å². The second kappa shape index (κ2) is 10.1. The van der Waals surface area contributed by atoms with Crippen molar-refractivity contribution in [1.29, 1.82) is 0 Å². The summed E-state index contributed by atoms with van der Waals surface area (Å²) in [4.78, 5) is 39.0. The molecule has 7 nitrogen and oxygen atoms in total. The minimum Gasteiger partial charge on any atom is -0.497 e. The van der Waals surface area contributed by atoms with E-state index in [9.17, 15) is 14.4 Å². The Morgan fingerprint density at radius 2 is 1.75 bits per heavy atom. The normalized spacial score (nSPS) is 15.2. The number of benzene rings is 2. The number of amides is 2. The van der Waals surface area contributed by atoms with Crippen LogP contribution in [0.15, 0.2) is 48.5 Å². The van der Waals surface area contributed by atoms with E-state index < -0.39 is 14.1 Å². The number of methoxy groups -OCH3 is 1. The first kappa shape index (κ1) is 23.7. The fourth-order valence-electron chi connectivity index (χ4n) is 3.61. The summed E-state index contributed by atoms with van der Waals surface area (Å²) in [5, 5.41) is 6.87. The molecule has 8 heteroatoms. The van der Waals surface area contributed by atoms with Gasteiger partial charge in [-0.1, -0.05) is 61.2 Å². The molecule has 0 bridgehead atoms. The number of hydrogen-bond acceptors (Lipinski definition) is 5. The van der Waals surface area contributed by atoms with E-state index in [-0.39, 0.29) is 37.1 Å². The molecule has 1 fully saturated rings. The molecule has 1 saturated heterocycles. The third kappa shape index (κ3) is 6.27. The van der Waals surface area contributed by atoms with Gasteiger partial charge in [-0.2, -0.15) is 0 Å². The lowest BCUT2D eigenvalue weighted by molar-refractivity contribution is -0.128. The summed E-state index contributed by atoms with van der Waals surface area (Å²) in [6.07, 6.45) is 0.215. The van der Waals surface area contributed by atoms with Crippen molar-refractivity contribution in [2.24, 2.45) is 0 Å². The van der Waals surface area contributed by atoms with Crippen LogP contribution in [0.2, 0.25) is 19.6 Å². The van der Waals surface area contributed by atoms with Crippen LogP contribution >= 0.6 is 0 Å². The third-order valence-corrected chi connectivity index (χ3v) is 7.57. The maximum absolute atomic E-state index is 13.3. The minimum absolute atomic E-state index is 0.0452. The molecule has 1 atom stereocenters. The van der Waals surface area contributed by atoms with Crippen molar-refractivity contribution in [2.75, 3.05) is 26.9 Å². The molecule has 0 spiro atoms. The van der Waals surface area contributed by atoms with Crippen LogP contribution in [0.3, 0.4) is 0 Å². The molecule has 1 heterocycles. The Morgan fingerprint density at radius 1 is 1.09 bits per heavy atom. The van der Waals surface area contributed by atoms with Gasteiger partial charge >= 0.3 is 0 Å². The molecule has 0 aliphatic carbocycles. The van der Waals surface area contributed by atoms with Crippen molar-refractivity contribution in [3.8, 4) is 5.75 Å². The summed E-state index contributed by atoms with van der Waals surface area (Å²) >= 11 is 0. The van der Waals surface area contributed by atoms with Gasteiger partial charge in [0, 0.05) is 6.42 Å². The zero-order valence-corrected chi connectivity index (χ0v) is 20.1. The van der Waals surface area contributed by atoms with Gasteiger partial charge in [0.2, 0.25) is 11.8 Å². The second-order valence-electron chi connectivity index (χ2n) is 9.11. The lowest BCUT2D eigenvalue weighted by Gasteiger charge is -2.21. The Labute approximate surface area is 190 Å². The van der Waals surface area contributed by atoms with E-state index in [1.807, 2.05) is 12.1 Å². The summed E-state index contributed by atoms with van der Waals surface area (Å²) in [6.45, 7) is 7.40. The van der Waals surface area contributed by atoms with Gasteiger partial charge in [0.1, 0.15) is 11.8 Å². The Bertz CT molecular complexity index is 968. The van der Waals surface area contributed by atoms with E-state index in [2.05, 4.69) is 42.4 Å². The van der Waals surface area contributed by atoms with Crippen LogP contribution in [0.5, 0.6) is 5.75 Å². The van der Waals surface area contributed by atoms with E-state index in [1.54, 1.807) is 36.3 Å². The average molecular weight is 454 g/mol. The van der Waals surface area contributed by atoms with E-state index in [4.69, 9.17) is 4.74 Å². The highest BCUT2D eigenvalue weighted by Crippen LogP contribution is 2.20. The number of carbonyl (C=O) groups is 3. The van der Waals surface area contributed by atoms with Crippen molar-refractivity contribution < 1.29 is 19.1 Å². The fraction of sp³-hybridized carbons (Fsp3) is 0.375. The molecule has 1 aliphatic rings. The molecule has 170 valence electrons. The van der Waals surface area contributed by atoms with Crippen molar-refractivity contribution >= 4 is 30.9 Å². The smallest absolute Gasteiger partial charge is 0.235 e. The standard InChI is InChI=1S/C24H31N3O4Si/c1-31-19-9-7-18(8-10-19)24(26-23(30)15-27-14-22(29)25-16-27)21(28)13-17-5-11-20(12-6-17)32(2,3)4/h5-12,24H,13-16H2,1-4H3,(H,25,29)(H,26,30). The highest BCUT2D eigenvalue weighted by Gasteiger charge is 2.26. The van der Waals surface area contributed by atoms with E-state index in [0.717, 1.165) is 5.56 Å². The van der Waals surface area contributed by atoms with E-state index >= 15 is 0 Å². The highest BCUT2D eigenvalue weighted by atomic mass is 28.3. The van der Waals surface area contributed by atoms with Gasteiger partial charge in [-0.3, -0.25) is 19.3 Å². The molecular weight excluding hydrogens is 422 g/mol. The van der Waals surface area contributed by atoms with Crippen LogP contribution in [-0.2, 0) is 20.8 Å². The summed E-state index contributed by atoms with van der Waals surface area (Å²) in [5.41, 5.74) is 1.61. The summed E-state index contributed by atoms with van der Waals surface area (Å²) in [6, 6.07) is 14.5. The van der Waals surface area contributed by atoms with Gasteiger partial charge < -0.3 is 15.4 Å². The van der Waals surface area contributed by atoms with Crippen LogP contribution in [-0.4, -0.2) is 57.4 Å². The zero-order valence-electron chi connectivity index (χ0n) is 19.1. The summed E-state index contributed by atoms with van der Waals surface area (Å²) in [7, 11) is 0.166. The van der Waals surface area contributed by atoms with Crippen LogP contribution in [0.25, 0.3) is 0 Å². The number of Topliss-reactive ketones (excluding diaryl/α,β-unsaturated/α-hetero) is 1. The zero-order chi connectivity index (χ0) is 23.3. The first-order valence-corrected chi connectivity index (χ1v) is 14.2. The number of nitrogens with zero attached hydrogens (tertiary/aromatic N) is 1. The van der Waals surface area contributed by atoms with Crippen molar-refractivity contribution in [2.45, 2.75) is 32.1 Å². The molecule has 1 unspecified atom stereocenters. The van der Waals surface area contributed by atoms with Crippen molar-refractivity contribution in [1.82, 2.24) is 15.5 Å². The lowest BCUT2D eigenvalue weighted by Crippen LogP contribution is -2.41. The number of nitrogens with one attached hydrogen (secondary N) is 2. The van der Waals surface area contributed by atoms with Crippen LogP contribution in [0.1, 0.15) is 17.2 Å². The van der Waals surface area contributed by atoms with Crippen molar-refractivity contribution in [3.05, 3.63) is 59.7 Å². The number of ether oxygens (including phenoxy) is 1. The fourth-order valence-corrected chi connectivity index (χ4v) is 4.77. The molecule has 32 heavy (non-hydrogen) atoms. The topological polar surface area (TPSA) is 87.7 Å². The molecule has 2 aromatic rings. The molecule has 2 N–H and O–H groups in total. The van der Waals surface area contributed by atoms with Gasteiger partial charge in [-0.25, -0.2) is 0 Å². The predicted molar refractivity (Wildman–Crippen MR) is 127 cm³/mol. The van der Waals surface area contributed by atoms with Crippen LogP contribution < -0.4 is 20.6 Å². The number of hydrogen-bond donors (Lipinski definition) is 2. The summed E-state index contributed by atoms with van der Waals surface area (Å²) < 4.78 is 5.21. The maximum atomic E-state index is 13.3. The second-order valence-corrected chi connectivity index (χ2v) is 14.2. The average Bonchev–Trinajstić information content (AvgIpc) is 3.16. The van der Waals surface area contributed by atoms with Gasteiger partial charge in [0.05, 0.1) is 34.9 Å². The molecule has 0 saturated carbocycles. The number of rotatable bonds is 9. The van der Waals surface area contributed by atoms with E-state index in [1.165, 1.54) is 5.19 Å². The quantitative estimate of drug-likeness (QED) is 0.563. The number of ketones is 1. The molecule has 1 aliphatic heterocycles. The maximum Gasteiger partial charge on any atom is 0.235 e. The largest absolute Gasteiger partial charge is 0.497 e. The monoisotopic (exact) mass is 453 g/mol. The van der Waals surface area contributed by atoms with Crippen LogP contribution in [0.4, 0.5) is 0 Å². The number of carbonyl (C=O) groups excluding carboxylic acids is 3. The van der Waals surface area contributed by atoms with Gasteiger partial charge in [0.25, 0.3) is 0 Å². The molecule has 2 amide bonds. The lowest BCUT2D eigenvalue weighted by atomic mass is 9.97. The molecule has 3 rings (SSSR count). The Kier molecular flexibility index (Phi) is 7.47. The predicted octanol–water partition coefficient (Wildman–Crippen LogP) is 1.60. The van der Waals surface area contributed by atoms with Crippen molar-refractivity contribution in [3.63, 3.8) is 0 Å². The van der Waals surface area contributed by atoms with Gasteiger partial charge in [-0.15, -0.1) is 0 Å². The highest BCUT2D eigenvalue weighted by molar-refractivity contribution is 6.88. The minimum atomic E-state index is -1.41.